The van der Waals surface area contributed by atoms with E-state index in [2.05, 4.69) is 10.1 Å². The maximum absolute atomic E-state index is 12.7. The van der Waals surface area contributed by atoms with Crippen molar-refractivity contribution < 1.29 is 31.9 Å². The van der Waals surface area contributed by atoms with E-state index in [0.29, 0.717) is 11.0 Å². The Labute approximate surface area is 162 Å². The van der Waals surface area contributed by atoms with Gasteiger partial charge in [0.25, 0.3) is 11.7 Å². The van der Waals surface area contributed by atoms with E-state index in [1.807, 2.05) is 0 Å². The molecule has 0 unspecified atom stereocenters. The van der Waals surface area contributed by atoms with Crippen LogP contribution in [0, 0.1) is 0 Å². The minimum atomic E-state index is -2.96. The molecule has 4 rings (SSSR count). The summed E-state index contributed by atoms with van der Waals surface area (Å²) in [5.74, 6) is -1.16. The molecule has 0 aliphatic heterocycles. The fourth-order valence-electron chi connectivity index (χ4n) is 2.82. The monoisotopic (exact) mass is 397 g/mol. The Morgan fingerprint density at radius 3 is 2.41 bits per heavy atom. The van der Waals surface area contributed by atoms with Crippen molar-refractivity contribution in [2.75, 3.05) is 5.32 Å². The molecule has 1 amide bonds. The number of alkyl halides is 2. The number of nitrogens with one attached hydrogen (secondary N) is 1. The van der Waals surface area contributed by atoms with Crippen molar-refractivity contribution in [1.82, 2.24) is 0 Å². The van der Waals surface area contributed by atoms with Crippen LogP contribution in [0.15, 0.2) is 75.8 Å². The van der Waals surface area contributed by atoms with Gasteiger partial charge in [-0.05, 0) is 48.5 Å². The lowest BCUT2D eigenvalue weighted by molar-refractivity contribution is -0.0498. The van der Waals surface area contributed by atoms with Gasteiger partial charge in [0.05, 0.1) is 12.0 Å². The van der Waals surface area contributed by atoms with Crippen molar-refractivity contribution in [1.29, 1.82) is 0 Å². The van der Waals surface area contributed by atoms with Crippen LogP contribution in [-0.4, -0.2) is 18.3 Å². The number of ether oxygens (including phenoxy) is 1. The molecule has 29 heavy (non-hydrogen) atoms. The molecule has 0 atom stereocenters. The molecule has 146 valence electrons. The van der Waals surface area contributed by atoms with Crippen molar-refractivity contribution in [3.8, 4) is 5.75 Å². The number of hydrogen-bond donors (Lipinski definition) is 1. The Balaban J connectivity index is 1.67. The van der Waals surface area contributed by atoms with Crippen LogP contribution < -0.4 is 10.1 Å². The second-order valence-electron chi connectivity index (χ2n) is 5.97. The quantitative estimate of drug-likeness (QED) is 0.457. The summed E-state index contributed by atoms with van der Waals surface area (Å²) < 4.78 is 39.6. The molecule has 1 N–H and O–H groups in total. The predicted octanol–water partition coefficient (Wildman–Crippen LogP) is 5.11. The van der Waals surface area contributed by atoms with Gasteiger partial charge < -0.3 is 18.9 Å². The van der Waals surface area contributed by atoms with E-state index in [1.165, 1.54) is 36.6 Å². The molecular weight excluding hydrogens is 384 g/mol. The third-order valence-corrected chi connectivity index (χ3v) is 4.13. The second-order valence-corrected chi connectivity index (χ2v) is 5.97. The molecule has 0 radical (unpaired) electrons. The summed E-state index contributed by atoms with van der Waals surface area (Å²) in [4.78, 5) is 25.4. The van der Waals surface area contributed by atoms with Gasteiger partial charge in [-0.3, -0.25) is 9.59 Å². The van der Waals surface area contributed by atoms with Gasteiger partial charge >= 0.3 is 6.61 Å². The smallest absolute Gasteiger partial charge is 0.387 e. The number of para-hydroxylation sites is 1. The fourth-order valence-corrected chi connectivity index (χ4v) is 2.82. The van der Waals surface area contributed by atoms with Crippen LogP contribution in [0.25, 0.3) is 11.0 Å². The summed E-state index contributed by atoms with van der Waals surface area (Å²) in [5, 5.41) is 3.20. The minimum absolute atomic E-state index is 0.0630. The summed E-state index contributed by atoms with van der Waals surface area (Å²) in [6.45, 7) is -2.96. The van der Waals surface area contributed by atoms with E-state index in [-0.39, 0.29) is 28.5 Å². The standard InChI is InChI=1S/C21H13F2NO5/c22-21(23)28-13-9-7-12(8-10-13)20(26)24-17-14-4-1-2-5-15(14)29-19(17)18(25)16-6-3-11-27-16/h1-11,21H,(H,24,26). The van der Waals surface area contributed by atoms with Crippen LogP contribution >= 0.6 is 0 Å². The van der Waals surface area contributed by atoms with Crippen molar-refractivity contribution in [2.24, 2.45) is 0 Å². The number of rotatable bonds is 6. The molecule has 0 saturated heterocycles. The highest BCUT2D eigenvalue weighted by Gasteiger charge is 2.25. The SMILES string of the molecule is O=C(Nc1c(C(=O)c2ccco2)oc2ccccc12)c1ccc(OC(F)F)cc1. The first-order chi connectivity index (χ1) is 14.0. The Kier molecular flexibility index (Phi) is 4.82. The maximum Gasteiger partial charge on any atom is 0.387 e. The lowest BCUT2D eigenvalue weighted by Gasteiger charge is -2.07. The first kappa shape index (κ1) is 18.4. The third-order valence-electron chi connectivity index (χ3n) is 4.13. The van der Waals surface area contributed by atoms with E-state index in [4.69, 9.17) is 8.83 Å². The van der Waals surface area contributed by atoms with Crippen molar-refractivity contribution >= 4 is 28.3 Å². The number of halogens is 2. The molecule has 2 aromatic carbocycles. The third kappa shape index (κ3) is 3.73. The van der Waals surface area contributed by atoms with Crippen LogP contribution in [0.4, 0.5) is 14.5 Å². The fraction of sp³-hybridized carbons (Fsp3) is 0.0476. The zero-order chi connectivity index (χ0) is 20.4. The number of benzene rings is 2. The van der Waals surface area contributed by atoms with Crippen LogP contribution in [0.5, 0.6) is 5.75 Å². The Hall–Kier alpha value is -3.94. The summed E-state index contributed by atoms with van der Waals surface area (Å²) in [6.07, 6.45) is 1.36. The number of amides is 1. The highest BCUT2D eigenvalue weighted by Crippen LogP contribution is 2.33. The molecule has 0 aliphatic carbocycles. The molecule has 6 nitrogen and oxygen atoms in total. The molecule has 2 aromatic heterocycles. The van der Waals surface area contributed by atoms with Gasteiger partial charge in [0.2, 0.25) is 5.76 Å². The first-order valence-corrected chi connectivity index (χ1v) is 8.49. The van der Waals surface area contributed by atoms with E-state index in [1.54, 1.807) is 30.3 Å². The molecule has 4 aromatic rings. The highest BCUT2D eigenvalue weighted by atomic mass is 19.3. The van der Waals surface area contributed by atoms with Gasteiger partial charge in [0.15, 0.2) is 5.76 Å². The van der Waals surface area contributed by atoms with Crippen molar-refractivity contribution in [3.05, 3.63) is 84.0 Å². The Morgan fingerprint density at radius 1 is 0.966 bits per heavy atom. The normalized spacial score (nSPS) is 11.0. The minimum Gasteiger partial charge on any atom is -0.461 e. The Morgan fingerprint density at radius 2 is 1.72 bits per heavy atom. The molecule has 0 saturated carbocycles. The Bertz CT molecular complexity index is 1160. The predicted molar refractivity (Wildman–Crippen MR) is 99.4 cm³/mol. The van der Waals surface area contributed by atoms with Crippen LogP contribution in [0.1, 0.15) is 26.7 Å². The van der Waals surface area contributed by atoms with E-state index in [0.717, 1.165) is 0 Å². The number of anilines is 1. The van der Waals surface area contributed by atoms with Crippen LogP contribution in [-0.2, 0) is 0 Å². The van der Waals surface area contributed by atoms with Gasteiger partial charge in [-0.15, -0.1) is 0 Å². The zero-order valence-corrected chi connectivity index (χ0v) is 14.7. The molecular formula is C21H13F2NO5. The molecule has 0 bridgehead atoms. The first-order valence-electron chi connectivity index (χ1n) is 8.49. The number of furan rings is 2. The number of fused-ring (bicyclic) bond motifs is 1. The largest absolute Gasteiger partial charge is 0.461 e. The lowest BCUT2D eigenvalue weighted by Crippen LogP contribution is -2.14. The number of ketones is 1. The van der Waals surface area contributed by atoms with Crippen LogP contribution in [0.2, 0.25) is 0 Å². The summed E-state index contributed by atoms with van der Waals surface area (Å²) in [7, 11) is 0. The van der Waals surface area contributed by atoms with Crippen molar-refractivity contribution in [2.45, 2.75) is 6.61 Å². The van der Waals surface area contributed by atoms with E-state index in [9.17, 15) is 18.4 Å². The summed E-state index contributed by atoms with van der Waals surface area (Å²) in [6, 6.07) is 15.1. The van der Waals surface area contributed by atoms with E-state index >= 15 is 0 Å². The molecule has 2 heterocycles. The average molecular weight is 397 g/mol. The topological polar surface area (TPSA) is 81.7 Å². The number of carbonyl (C=O) groups is 2. The number of hydrogen-bond acceptors (Lipinski definition) is 5. The number of carbonyl (C=O) groups excluding carboxylic acids is 2. The molecule has 8 heteroatoms. The van der Waals surface area contributed by atoms with Crippen LogP contribution in [0.3, 0.4) is 0 Å². The van der Waals surface area contributed by atoms with Gasteiger partial charge in [0, 0.05) is 10.9 Å². The second kappa shape index (κ2) is 7.59. The molecule has 0 fully saturated rings. The summed E-state index contributed by atoms with van der Waals surface area (Å²) >= 11 is 0. The maximum atomic E-state index is 12.7. The van der Waals surface area contributed by atoms with Gasteiger partial charge in [-0.2, -0.15) is 8.78 Å². The van der Waals surface area contributed by atoms with E-state index < -0.39 is 18.3 Å². The molecule has 0 spiro atoms. The zero-order valence-electron chi connectivity index (χ0n) is 14.7. The highest BCUT2D eigenvalue weighted by molar-refractivity contribution is 6.18. The lowest BCUT2D eigenvalue weighted by atomic mass is 10.1. The molecule has 0 aliphatic rings. The van der Waals surface area contributed by atoms with Gasteiger partial charge in [0.1, 0.15) is 11.3 Å². The van der Waals surface area contributed by atoms with Crippen molar-refractivity contribution in [3.63, 3.8) is 0 Å². The van der Waals surface area contributed by atoms with Gasteiger partial charge in [-0.25, -0.2) is 0 Å². The van der Waals surface area contributed by atoms with Gasteiger partial charge in [-0.1, -0.05) is 12.1 Å². The average Bonchev–Trinajstić information content (AvgIpc) is 3.36. The summed E-state index contributed by atoms with van der Waals surface area (Å²) in [5.41, 5.74) is 0.798.